The summed E-state index contributed by atoms with van der Waals surface area (Å²) in [6.45, 7) is 1.16. The molecule has 1 fully saturated rings. The number of pyridine rings is 1. The molecule has 1 aliphatic rings. The highest BCUT2D eigenvalue weighted by molar-refractivity contribution is 5.88. The summed E-state index contributed by atoms with van der Waals surface area (Å²) in [4.78, 5) is 20.3. The molecule has 2 aromatic heterocycles. The van der Waals surface area contributed by atoms with Crippen LogP contribution in [0.25, 0.3) is 0 Å². The largest absolute Gasteiger partial charge is 0.485 e. The minimum atomic E-state index is -0.175. The highest BCUT2D eigenvalue weighted by atomic mass is 16.5. The van der Waals surface area contributed by atoms with Crippen molar-refractivity contribution in [2.75, 3.05) is 37.4 Å². The molecule has 2 aromatic rings. The first-order valence-corrected chi connectivity index (χ1v) is 7.74. The van der Waals surface area contributed by atoms with Crippen LogP contribution in [0.15, 0.2) is 24.5 Å². The maximum absolute atomic E-state index is 12.3. The van der Waals surface area contributed by atoms with Crippen molar-refractivity contribution in [3.8, 4) is 5.75 Å². The fourth-order valence-electron chi connectivity index (χ4n) is 2.59. The number of ether oxygens (including phenoxy) is 1. The quantitative estimate of drug-likeness (QED) is 0.898. The molecule has 24 heavy (non-hydrogen) atoms. The second-order valence-corrected chi connectivity index (χ2v) is 5.87. The number of aryl methyl sites for hydroxylation is 1. The molecule has 2 amide bonds. The molecule has 0 bridgehead atoms. The Balaban J connectivity index is 1.60. The van der Waals surface area contributed by atoms with Gasteiger partial charge in [-0.05, 0) is 12.1 Å². The maximum atomic E-state index is 12.3. The van der Waals surface area contributed by atoms with Crippen molar-refractivity contribution in [3.05, 3.63) is 24.5 Å². The van der Waals surface area contributed by atoms with E-state index in [1.54, 1.807) is 18.1 Å². The molecule has 0 aromatic carbocycles. The molecule has 0 spiro atoms. The SMILES string of the molecule is CN(C)c1ncccc1O[C@@H]1CCN(C(=O)Nc2cnnn2C)C1. The van der Waals surface area contributed by atoms with Crippen LogP contribution in [0, 0.1) is 0 Å². The predicted octanol–water partition coefficient (Wildman–Crippen LogP) is 0.961. The number of rotatable bonds is 4. The summed E-state index contributed by atoms with van der Waals surface area (Å²) in [5, 5.41) is 10.3. The van der Waals surface area contributed by atoms with Crippen molar-refractivity contribution in [2.24, 2.45) is 7.05 Å². The van der Waals surface area contributed by atoms with Gasteiger partial charge in [0.1, 0.15) is 6.10 Å². The second-order valence-electron chi connectivity index (χ2n) is 5.87. The third-order valence-corrected chi connectivity index (χ3v) is 3.85. The van der Waals surface area contributed by atoms with Crippen LogP contribution in [0.1, 0.15) is 6.42 Å². The predicted molar refractivity (Wildman–Crippen MR) is 89.2 cm³/mol. The molecule has 3 rings (SSSR count). The van der Waals surface area contributed by atoms with Gasteiger partial charge in [-0.2, -0.15) is 0 Å². The summed E-state index contributed by atoms with van der Waals surface area (Å²) < 4.78 is 7.57. The fraction of sp³-hybridized carbons (Fsp3) is 0.467. The number of likely N-dealkylation sites (tertiary alicyclic amines) is 1. The summed E-state index contributed by atoms with van der Waals surface area (Å²) in [6.07, 6.45) is 3.97. The zero-order chi connectivity index (χ0) is 17.1. The zero-order valence-electron chi connectivity index (χ0n) is 14.0. The van der Waals surface area contributed by atoms with Gasteiger partial charge in [0.15, 0.2) is 17.4 Å². The molecular formula is C15H21N7O2. The van der Waals surface area contributed by atoms with Crippen molar-refractivity contribution >= 4 is 17.7 Å². The third-order valence-electron chi connectivity index (χ3n) is 3.85. The van der Waals surface area contributed by atoms with Crippen LogP contribution in [-0.2, 0) is 7.05 Å². The monoisotopic (exact) mass is 331 g/mol. The molecule has 0 aliphatic carbocycles. The molecule has 0 saturated carbocycles. The van der Waals surface area contributed by atoms with Crippen molar-refractivity contribution in [3.63, 3.8) is 0 Å². The summed E-state index contributed by atoms with van der Waals surface area (Å²) in [6, 6.07) is 3.56. The topological polar surface area (TPSA) is 88.4 Å². The van der Waals surface area contributed by atoms with Crippen LogP contribution in [0.4, 0.5) is 16.4 Å². The van der Waals surface area contributed by atoms with Crippen LogP contribution in [-0.4, -0.2) is 64.2 Å². The number of amides is 2. The summed E-state index contributed by atoms with van der Waals surface area (Å²) in [5.74, 6) is 2.07. The Hall–Kier alpha value is -2.84. The van der Waals surface area contributed by atoms with Gasteiger partial charge in [0, 0.05) is 40.3 Å². The third kappa shape index (κ3) is 3.39. The average Bonchev–Trinajstić information content (AvgIpc) is 3.17. The summed E-state index contributed by atoms with van der Waals surface area (Å²) >= 11 is 0. The molecule has 1 N–H and O–H groups in total. The van der Waals surface area contributed by atoms with Crippen LogP contribution in [0.3, 0.4) is 0 Å². The molecule has 3 heterocycles. The van der Waals surface area contributed by atoms with Crippen LogP contribution in [0.2, 0.25) is 0 Å². The van der Waals surface area contributed by atoms with Crippen LogP contribution < -0.4 is 15.0 Å². The second kappa shape index (κ2) is 6.73. The lowest BCUT2D eigenvalue weighted by atomic mass is 10.3. The van der Waals surface area contributed by atoms with E-state index in [1.807, 2.05) is 31.1 Å². The Morgan fingerprint density at radius 2 is 2.29 bits per heavy atom. The van der Waals surface area contributed by atoms with Gasteiger partial charge in [0.25, 0.3) is 0 Å². The molecule has 1 aliphatic heterocycles. The minimum Gasteiger partial charge on any atom is -0.485 e. The zero-order valence-corrected chi connectivity index (χ0v) is 14.0. The summed E-state index contributed by atoms with van der Waals surface area (Å²) in [5.41, 5.74) is 0. The van der Waals surface area contributed by atoms with Gasteiger partial charge in [0.05, 0.1) is 12.7 Å². The Kier molecular flexibility index (Phi) is 4.50. The smallest absolute Gasteiger partial charge is 0.323 e. The molecule has 1 atom stereocenters. The number of nitrogens with zero attached hydrogens (tertiary/aromatic N) is 6. The van der Waals surface area contributed by atoms with E-state index in [0.29, 0.717) is 18.9 Å². The highest BCUT2D eigenvalue weighted by Gasteiger charge is 2.28. The van der Waals surface area contributed by atoms with E-state index in [0.717, 1.165) is 18.0 Å². The van der Waals surface area contributed by atoms with Crippen molar-refractivity contribution < 1.29 is 9.53 Å². The van der Waals surface area contributed by atoms with E-state index in [9.17, 15) is 4.79 Å². The van der Waals surface area contributed by atoms with Crippen molar-refractivity contribution in [2.45, 2.75) is 12.5 Å². The highest BCUT2D eigenvalue weighted by Crippen LogP contribution is 2.26. The lowest BCUT2D eigenvalue weighted by Gasteiger charge is -2.20. The van der Waals surface area contributed by atoms with E-state index in [4.69, 9.17) is 4.74 Å². The first-order chi connectivity index (χ1) is 11.5. The number of aromatic nitrogens is 4. The maximum Gasteiger partial charge on any atom is 0.323 e. The molecule has 9 nitrogen and oxygen atoms in total. The Morgan fingerprint density at radius 3 is 3.00 bits per heavy atom. The van der Waals surface area contributed by atoms with E-state index in [-0.39, 0.29) is 12.1 Å². The van der Waals surface area contributed by atoms with Gasteiger partial charge >= 0.3 is 6.03 Å². The van der Waals surface area contributed by atoms with Crippen molar-refractivity contribution in [1.82, 2.24) is 24.9 Å². The van der Waals surface area contributed by atoms with Crippen LogP contribution in [0.5, 0.6) is 5.75 Å². The summed E-state index contributed by atoms with van der Waals surface area (Å²) in [7, 11) is 5.57. The minimum absolute atomic E-state index is 0.0525. The Morgan fingerprint density at radius 1 is 1.46 bits per heavy atom. The van der Waals surface area contributed by atoms with E-state index < -0.39 is 0 Å². The number of anilines is 2. The van der Waals surface area contributed by atoms with Gasteiger partial charge in [-0.3, -0.25) is 5.32 Å². The molecule has 0 unspecified atom stereocenters. The Labute approximate surface area is 140 Å². The normalized spacial score (nSPS) is 17.0. The molecule has 128 valence electrons. The van der Waals surface area contributed by atoms with Gasteiger partial charge in [0.2, 0.25) is 0 Å². The Bertz CT molecular complexity index is 715. The number of carbonyl (C=O) groups is 1. The van der Waals surface area contributed by atoms with Crippen LogP contribution >= 0.6 is 0 Å². The van der Waals surface area contributed by atoms with E-state index >= 15 is 0 Å². The van der Waals surface area contributed by atoms with E-state index in [2.05, 4.69) is 20.6 Å². The first-order valence-electron chi connectivity index (χ1n) is 7.74. The van der Waals surface area contributed by atoms with Gasteiger partial charge in [-0.25, -0.2) is 14.5 Å². The molecule has 1 saturated heterocycles. The number of hydrogen-bond acceptors (Lipinski definition) is 6. The van der Waals surface area contributed by atoms with Gasteiger partial charge < -0.3 is 14.5 Å². The first kappa shape index (κ1) is 16.0. The van der Waals surface area contributed by atoms with Gasteiger partial charge in [-0.15, -0.1) is 5.10 Å². The van der Waals surface area contributed by atoms with Crippen molar-refractivity contribution in [1.29, 1.82) is 0 Å². The molecule has 0 radical (unpaired) electrons. The van der Waals surface area contributed by atoms with Gasteiger partial charge in [-0.1, -0.05) is 5.21 Å². The number of nitrogens with one attached hydrogen (secondary N) is 1. The number of hydrogen-bond donors (Lipinski definition) is 1. The number of urea groups is 1. The number of carbonyl (C=O) groups excluding carboxylic acids is 1. The molecule has 9 heteroatoms. The average molecular weight is 331 g/mol. The fourth-order valence-corrected chi connectivity index (χ4v) is 2.59. The lowest BCUT2D eigenvalue weighted by Crippen LogP contribution is -2.35. The molecular weight excluding hydrogens is 310 g/mol. The van der Waals surface area contributed by atoms with E-state index in [1.165, 1.54) is 10.9 Å². The standard InChI is InChI=1S/C15H21N7O2/c1-20(2)14-12(5-4-7-16-14)24-11-6-8-22(10-11)15(23)18-13-9-17-19-21(13)3/h4-5,7,9,11H,6,8,10H2,1-3H3,(H,18,23)/t11-/m1/s1. The lowest BCUT2D eigenvalue weighted by molar-refractivity contribution is 0.195.